The number of aryl methyl sites for hydroxylation is 2. The lowest BCUT2D eigenvalue weighted by atomic mass is 10.3. The van der Waals surface area contributed by atoms with Crippen molar-refractivity contribution in [2.75, 3.05) is 13.1 Å². The molecule has 0 aromatic carbocycles. The summed E-state index contributed by atoms with van der Waals surface area (Å²) in [6, 6.07) is -0.140. The highest BCUT2D eigenvalue weighted by molar-refractivity contribution is 7.89. The molecule has 2 N–H and O–H groups in total. The number of aromatic nitrogens is 3. The van der Waals surface area contributed by atoms with E-state index in [1.807, 2.05) is 0 Å². The summed E-state index contributed by atoms with van der Waals surface area (Å²) in [5.41, 5.74) is 5.85. The minimum absolute atomic E-state index is 0.122. The molecule has 1 saturated heterocycles. The summed E-state index contributed by atoms with van der Waals surface area (Å²) >= 11 is 0. The van der Waals surface area contributed by atoms with E-state index < -0.39 is 15.9 Å². The molecule has 2 aromatic rings. The Morgan fingerprint density at radius 2 is 2.17 bits per heavy atom. The fraction of sp³-hybridized carbons (Fsp3) is 0.462. The summed E-state index contributed by atoms with van der Waals surface area (Å²) in [6.45, 7) is 3.81. The van der Waals surface area contributed by atoms with Crippen LogP contribution in [0.4, 0.5) is 0 Å². The predicted molar refractivity (Wildman–Crippen MR) is 79.1 cm³/mol. The topological polar surface area (TPSA) is 124 Å². The first kappa shape index (κ1) is 15.7. The molecule has 124 valence electrons. The van der Waals surface area contributed by atoms with Gasteiger partial charge in [0.05, 0.1) is 17.8 Å². The number of carbonyl (C=O) groups is 1. The standard InChI is InChI=1S/C13H17N5O4S/c1-8-12(9(2)22-16-8)23(20,21)17-4-3-11(7-17)18-6-10(5-15-18)13(14)19/h5-6,11H,3-4,7H2,1-2H3,(H2,14,19). The van der Waals surface area contributed by atoms with Gasteiger partial charge < -0.3 is 10.3 Å². The van der Waals surface area contributed by atoms with Crippen LogP contribution < -0.4 is 5.73 Å². The van der Waals surface area contributed by atoms with Gasteiger partial charge in [0, 0.05) is 19.3 Å². The molecule has 1 aliphatic rings. The molecular weight excluding hydrogens is 322 g/mol. The summed E-state index contributed by atoms with van der Waals surface area (Å²) in [5.74, 6) is -0.282. The van der Waals surface area contributed by atoms with E-state index in [0.717, 1.165) is 0 Å². The van der Waals surface area contributed by atoms with Gasteiger partial charge in [0.25, 0.3) is 5.91 Å². The van der Waals surface area contributed by atoms with E-state index in [1.54, 1.807) is 24.7 Å². The van der Waals surface area contributed by atoms with Crippen LogP contribution in [0.2, 0.25) is 0 Å². The Morgan fingerprint density at radius 1 is 1.43 bits per heavy atom. The number of sulfonamides is 1. The molecule has 23 heavy (non-hydrogen) atoms. The van der Waals surface area contributed by atoms with Crippen LogP contribution in [0.25, 0.3) is 0 Å². The maximum atomic E-state index is 12.7. The molecule has 2 aromatic heterocycles. The molecule has 3 rings (SSSR count). The number of nitrogens with zero attached hydrogens (tertiary/aromatic N) is 4. The van der Waals surface area contributed by atoms with Gasteiger partial charge in [-0.3, -0.25) is 9.48 Å². The largest absolute Gasteiger partial charge is 0.366 e. The van der Waals surface area contributed by atoms with E-state index >= 15 is 0 Å². The molecule has 1 amide bonds. The smallest absolute Gasteiger partial charge is 0.251 e. The number of hydrogen-bond acceptors (Lipinski definition) is 6. The highest BCUT2D eigenvalue weighted by atomic mass is 32.2. The van der Waals surface area contributed by atoms with Gasteiger partial charge >= 0.3 is 0 Å². The van der Waals surface area contributed by atoms with Crippen molar-refractivity contribution in [3.8, 4) is 0 Å². The Morgan fingerprint density at radius 3 is 2.74 bits per heavy atom. The van der Waals surface area contributed by atoms with Crippen molar-refractivity contribution in [2.24, 2.45) is 5.73 Å². The number of hydrogen-bond donors (Lipinski definition) is 1. The Labute approximate surface area is 133 Å². The lowest BCUT2D eigenvalue weighted by Gasteiger charge is -2.16. The van der Waals surface area contributed by atoms with E-state index in [0.29, 0.717) is 24.2 Å². The van der Waals surface area contributed by atoms with Gasteiger partial charge in [-0.1, -0.05) is 5.16 Å². The van der Waals surface area contributed by atoms with Gasteiger partial charge in [-0.25, -0.2) is 8.42 Å². The van der Waals surface area contributed by atoms with Crippen LogP contribution in [0.5, 0.6) is 0 Å². The van der Waals surface area contributed by atoms with Crippen LogP contribution in [0.15, 0.2) is 21.8 Å². The maximum absolute atomic E-state index is 12.7. The Kier molecular flexibility index (Phi) is 3.72. The van der Waals surface area contributed by atoms with Crippen LogP contribution in [-0.4, -0.2) is 46.7 Å². The minimum Gasteiger partial charge on any atom is -0.366 e. The van der Waals surface area contributed by atoms with E-state index in [1.165, 1.54) is 10.5 Å². The van der Waals surface area contributed by atoms with Crippen LogP contribution >= 0.6 is 0 Å². The highest BCUT2D eigenvalue weighted by Gasteiger charge is 2.37. The lowest BCUT2D eigenvalue weighted by Crippen LogP contribution is -2.30. The SMILES string of the molecule is Cc1noc(C)c1S(=O)(=O)N1CCC(n2cc(C(N)=O)cn2)C1. The highest BCUT2D eigenvalue weighted by Crippen LogP contribution is 2.30. The van der Waals surface area contributed by atoms with Crippen molar-refractivity contribution >= 4 is 15.9 Å². The minimum atomic E-state index is -3.66. The molecule has 1 fully saturated rings. The van der Waals surface area contributed by atoms with E-state index in [9.17, 15) is 13.2 Å². The second-order valence-electron chi connectivity index (χ2n) is 5.53. The van der Waals surface area contributed by atoms with Crippen molar-refractivity contribution in [1.82, 2.24) is 19.2 Å². The summed E-state index contributed by atoms with van der Waals surface area (Å²) in [5, 5.41) is 7.80. The molecule has 10 heteroatoms. The fourth-order valence-electron chi connectivity index (χ4n) is 2.78. The molecule has 0 bridgehead atoms. The lowest BCUT2D eigenvalue weighted by molar-refractivity contribution is 0.1000. The first-order chi connectivity index (χ1) is 10.8. The van der Waals surface area contributed by atoms with Crippen LogP contribution in [0, 0.1) is 13.8 Å². The molecule has 1 atom stereocenters. The zero-order valence-corrected chi connectivity index (χ0v) is 13.6. The third kappa shape index (κ3) is 2.63. The summed E-state index contributed by atoms with van der Waals surface area (Å²) in [7, 11) is -3.66. The molecule has 0 radical (unpaired) electrons. The molecule has 0 aliphatic carbocycles. The van der Waals surface area contributed by atoms with Crippen molar-refractivity contribution in [3.05, 3.63) is 29.4 Å². The van der Waals surface area contributed by atoms with E-state index in [2.05, 4.69) is 10.3 Å². The molecule has 0 saturated carbocycles. The Bertz CT molecular complexity index is 834. The summed E-state index contributed by atoms with van der Waals surface area (Å²) in [4.78, 5) is 11.3. The second-order valence-corrected chi connectivity index (χ2v) is 7.41. The number of primary amides is 1. The zero-order valence-electron chi connectivity index (χ0n) is 12.8. The summed E-state index contributed by atoms with van der Waals surface area (Å²) in [6.07, 6.45) is 3.52. The molecule has 3 heterocycles. The molecule has 1 aliphatic heterocycles. The number of nitrogens with two attached hydrogens (primary N) is 1. The average Bonchev–Trinajstić information content (AvgIpc) is 3.17. The molecule has 1 unspecified atom stereocenters. The first-order valence-corrected chi connectivity index (χ1v) is 8.51. The van der Waals surface area contributed by atoms with Gasteiger partial charge in [-0.05, 0) is 20.3 Å². The van der Waals surface area contributed by atoms with Crippen LogP contribution in [0.1, 0.15) is 34.3 Å². The Balaban J connectivity index is 1.83. The van der Waals surface area contributed by atoms with Gasteiger partial charge in [0.15, 0.2) is 5.76 Å². The average molecular weight is 339 g/mol. The third-order valence-electron chi connectivity index (χ3n) is 3.95. The zero-order chi connectivity index (χ0) is 16.8. The monoisotopic (exact) mass is 339 g/mol. The molecule has 0 spiro atoms. The van der Waals surface area contributed by atoms with Crippen LogP contribution in [-0.2, 0) is 10.0 Å². The van der Waals surface area contributed by atoms with Gasteiger partial charge in [0.1, 0.15) is 10.6 Å². The first-order valence-electron chi connectivity index (χ1n) is 7.07. The second kappa shape index (κ2) is 5.46. The number of rotatable bonds is 4. The maximum Gasteiger partial charge on any atom is 0.251 e. The molecule has 9 nitrogen and oxygen atoms in total. The van der Waals surface area contributed by atoms with E-state index in [-0.39, 0.29) is 23.2 Å². The quantitative estimate of drug-likeness (QED) is 0.850. The predicted octanol–water partition coefficient (Wildman–Crippen LogP) is 0.223. The Hall–Kier alpha value is -2.20. The van der Waals surface area contributed by atoms with Crippen molar-refractivity contribution in [1.29, 1.82) is 0 Å². The van der Waals surface area contributed by atoms with E-state index in [4.69, 9.17) is 10.3 Å². The number of amides is 1. The summed E-state index contributed by atoms with van der Waals surface area (Å²) < 4.78 is 33.4. The van der Waals surface area contributed by atoms with Gasteiger partial charge in [0.2, 0.25) is 10.0 Å². The van der Waals surface area contributed by atoms with Crippen molar-refractivity contribution in [2.45, 2.75) is 31.2 Å². The normalized spacial score (nSPS) is 19.3. The van der Waals surface area contributed by atoms with Crippen LogP contribution in [0.3, 0.4) is 0 Å². The fourth-order valence-corrected chi connectivity index (χ4v) is 4.57. The molecular formula is C13H17N5O4S. The van der Waals surface area contributed by atoms with Crippen molar-refractivity contribution in [3.63, 3.8) is 0 Å². The van der Waals surface area contributed by atoms with Crippen molar-refractivity contribution < 1.29 is 17.7 Å². The number of carbonyl (C=O) groups excluding carboxylic acids is 1. The van der Waals surface area contributed by atoms with Gasteiger partial charge in [-0.15, -0.1) is 0 Å². The van der Waals surface area contributed by atoms with Gasteiger partial charge in [-0.2, -0.15) is 9.40 Å². The third-order valence-corrected chi connectivity index (χ3v) is 6.06.